The van der Waals surface area contributed by atoms with E-state index in [1.54, 1.807) is 0 Å². The van der Waals surface area contributed by atoms with Gasteiger partial charge in [0, 0.05) is 25.9 Å². The first-order valence-electron chi connectivity index (χ1n) is 7.34. The fourth-order valence-electron chi connectivity index (χ4n) is 1.58. The van der Waals surface area contributed by atoms with Crippen molar-refractivity contribution < 1.29 is 44.7 Å². The number of rotatable bonds is 13. The number of carbonyl (C=O) groups excluding carboxylic acids is 1. The summed E-state index contributed by atoms with van der Waals surface area (Å²) in [6.45, 7) is 0.214. The first-order valence-corrected chi connectivity index (χ1v) is 7.34. The Morgan fingerprint density at radius 3 is 1.42 bits per heavy atom. The van der Waals surface area contributed by atoms with E-state index in [4.69, 9.17) is 25.5 Å². The molecule has 0 heterocycles. The largest absolute Gasteiger partial charge is 0.481 e. The summed E-state index contributed by atoms with van der Waals surface area (Å²) in [5.41, 5.74) is 0. The Morgan fingerprint density at radius 1 is 0.708 bits per heavy atom. The second kappa shape index (κ2) is 15.8. The van der Waals surface area contributed by atoms with Gasteiger partial charge in [-0.25, -0.2) is 0 Å². The molecule has 0 aliphatic heterocycles. The van der Waals surface area contributed by atoms with Crippen LogP contribution in [0.2, 0.25) is 0 Å². The Bertz CT molecular complexity index is 376. The number of hydrogen-bond acceptors (Lipinski definition) is 7. The van der Waals surface area contributed by atoms with Gasteiger partial charge in [0.2, 0.25) is 0 Å². The van der Waals surface area contributed by atoms with Gasteiger partial charge < -0.3 is 25.5 Å². The normalized spacial score (nSPS) is 9.96. The number of aliphatic hydroxyl groups is 2. The Hall–Kier alpha value is -2.04. The van der Waals surface area contributed by atoms with Crippen molar-refractivity contribution in [1.82, 2.24) is 4.90 Å². The molecule has 0 aromatic carbocycles. The smallest absolute Gasteiger partial charge is 0.310 e. The van der Waals surface area contributed by atoms with E-state index in [1.807, 2.05) is 0 Å². The average Bonchev–Trinajstić information content (AvgIpc) is 2.43. The third-order valence-corrected chi connectivity index (χ3v) is 2.61. The molecule has 0 saturated heterocycles. The van der Waals surface area contributed by atoms with Gasteiger partial charge in [-0.2, -0.15) is 0 Å². The lowest BCUT2D eigenvalue weighted by Crippen LogP contribution is -2.35. The van der Waals surface area contributed by atoms with Crippen molar-refractivity contribution in [3.05, 3.63) is 0 Å². The lowest BCUT2D eigenvalue weighted by molar-refractivity contribution is -0.141. The number of aliphatic carboxylic acids is 3. The van der Waals surface area contributed by atoms with Crippen LogP contribution in [0.25, 0.3) is 0 Å². The topological polar surface area (TPSA) is 173 Å². The molecule has 5 N–H and O–H groups in total. The minimum atomic E-state index is -1.16. The third kappa shape index (κ3) is 20.0. The summed E-state index contributed by atoms with van der Waals surface area (Å²) in [5, 5.41) is 41.8. The Morgan fingerprint density at radius 2 is 1.12 bits per heavy atom. The Kier molecular flexibility index (Phi) is 16.0. The van der Waals surface area contributed by atoms with E-state index in [0.29, 0.717) is 12.8 Å². The highest BCUT2D eigenvalue weighted by Crippen LogP contribution is 1.98. The van der Waals surface area contributed by atoms with Gasteiger partial charge in [0.1, 0.15) is 6.42 Å². The number of hydrogen-bond donors (Lipinski definition) is 5. The molecule has 0 bridgehead atoms. The van der Waals surface area contributed by atoms with Gasteiger partial charge in [0.15, 0.2) is 5.78 Å². The second-order valence-corrected chi connectivity index (χ2v) is 4.83. The number of nitrogens with zero attached hydrogens (tertiary/aromatic N) is 1. The number of ketones is 1. The maximum atomic E-state index is 11.0. The van der Waals surface area contributed by atoms with Gasteiger partial charge in [0.25, 0.3) is 0 Å². The van der Waals surface area contributed by atoms with Crippen molar-refractivity contribution in [3.8, 4) is 0 Å². The van der Waals surface area contributed by atoms with Crippen LogP contribution in [-0.4, -0.2) is 87.0 Å². The monoisotopic (exact) mass is 351 g/mol. The van der Waals surface area contributed by atoms with Crippen molar-refractivity contribution in [1.29, 1.82) is 0 Å². The van der Waals surface area contributed by atoms with Crippen LogP contribution in [0.5, 0.6) is 0 Å². The predicted molar refractivity (Wildman–Crippen MR) is 81.6 cm³/mol. The first-order chi connectivity index (χ1) is 11.2. The lowest BCUT2D eigenvalue weighted by Gasteiger charge is -2.18. The lowest BCUT2D eigenvalue weighted by atomic mass is 10.2. The molecule has 0 fully saturated rings. The van der Waals surface area contributed by atoms with E-state index in [-0.39, 0.29) is 45.7 Å². The molecular weight excluding hydrogens is 326 g/mol. The van der Waals surface area contributed by atoms with Crippen molar-refractivity contribution in [2.24, 2.45) is 0 Å². The van der Waals surface area contributed by atoms with E-state index in [1.165, 1.54) is 4.90 Å². The molecule has 24 heavy (non-hydrogen) atoms. The van der Waals surface area contributed by atoms with Crippen LogP contribution in [0.1, 0.15) is 32.1 Å². The molecule has 0 spiro atoms. The molecule has 0 aromatic rings. The van der Waals surface area contributed by atoms with Crippen molar-refractivity contribution >= 4 is 23.7 Å². The molecule has 0 aliphatic carbocycles. The van der Waals surface area contributed by atoms with Crippen LogP contribution < -0.4 is 0 Å². The quantitative estimate of drug-likeness (QED) is 0.205. The molecule has 0 unspecified atom stereocenters. The molecule has 140 valence electrons. The molecular formula is C14H25NO9. The Labute approximate surface area is 139 Å². The van der Waals surface area contributed by atoms with Crippen LogP contribution in [0, 0.1) is 0 Å². The Balaban J connectivity index is 0. The highest BCUT2D eigenvalue weighted by Gasteiger charge is 2.12. The first kappa shape index (κ1) is 24.2. The number of Topliss-reactive ketones (excluding diaryl/α,β-unsaturated/α-hetero) is 1. The van der Waals surface area contributed by atoms with Crippen LogP contribution >= 0.6 is 0 Å². The summed E-state index contributed by atoms with van der Waals surface area (Å²) in [7, 11) is 0. The van der Waals surface area contributed by atoms with E-state index >= 15 is 0 Å². The van der Waals surface area contributed by atoms with Crippen LogP contribution in [-0.2, 0) is 19.2 Å². The number of unbranched alkanes of at least 4 members (excludes halogenated alkanes) is 1. The van der Waals surface area contributed by atoms with Crippen molar-refractivity contribution in [3.63, 3.8) is 0 Å². The average molecular weight is 351 g/mol. The second-order valence-electron chi connectivity index (χ2n) is 4.83. The molecule has 0 amide bonds. The summed E-state index contributed by atoms with van der Waals surface area (Å²) in [5.74, 6) is -3.34. The third-order valence-electron chi connectivity index (χ3n) is 2.61. The highest BCUT2D eigenvalue weighted by atomic mass is 16.4. The molecule has 0 aromatic heterocycles. The summed E-state index contributed by atoms with van der Waals surface area (Å²) < 4.78 is 0. The summed E-state index contributed by atoms with van der Waals surface area (Å²) in [6.07, 6.45) is 0.497. The van der Waals surface area contributed by atoms with E-state index in [9.17, 15) is 19.2 Å². The fourth-order valence-corrected chi connectivity index (χ4v) is 1.58. The zero-order chi connectivity index (χ0) is 19.0. The molecule has 0 atom stereocenters. The van der Waals surface area contributed by atoms with Gasteiger partial charge in [-0.15, -0.1) is 0 Å². The van der Waals surface area contributed by atoms with Crippen molar-refractivity contribution in [2.75, 3.05) is 32.8 Å². The van der Waals surface area contributed by atoms with Crippen LogP contribution in [0.4, 0.5) is 0 Å². The number of carbonyl (C=O) groups is 4. The summed E-state index contributed by atoms with van der Waals surface area (Å²) in [6, 6.07) is 0. The number of aliphatic hydroxyl groups excluding tert-OH is 2. The standard InChI is InChI=1S/C8H15NO5.C6H10O4/c10-3-1-9(2-4-11)6-7(12)5-8(13)14;7-5(8)3-1-2-4-6(9)10/h10-11H,1-6H2,(H,13,14);1-4H2,(H,7,8)(H,9,10). The molecule has 0 saturated carbocycles. The highest BCUT2D eigenvalue weighted by molar-refractivity contribution is 5.95. The van der Waals surface area contributed by atoms with Gasteiger partial charge in [-0.05, 0) is 12.8 Å². The predicted octanol–water partition coefficient (Wildman–Crippen LogP) is -0.967. The molecule has 10 nitrogen and oxygen atoms in total. The minimum Gasteiger partial charge on any atom is -0.481 e. The molecule has 0 radical (unpaired) electrons. The zero-order valence-electron chi connectivity index (χ0n) is 13.4. The van der Waals surface area contributed by atoms with E-state index < -0.39 is 30.1 Å². The minimum absolute atomic E-state index is 0.0482. The number of carboxylic acids is 3. The van der Waals surface area contributed by atoms with Crippen molar-refractivity contribution in [2.45, 2.75) is 32.1 Å². The summed E-state index contributed by atoms with van der Waals surface area (Å²) in [4.78, 5) is 42.5. The molecule has 0 aliphatic rings. The fraction of sp³-hybridized carbons (Fsp3) is 0.714. The SMILES string of the molecule is O=C(O)CC(=O)CN(CCO)CCO.O=C(O)CCCCC(=O)O. The van der Waals surface area contributed by atoms with Gasteiger partial charge >= 0.3 is 17.9 Å². The van der Waals surface area contributed by atoms with Gasteiger partial charge in [0.05, 0.1) is 19.8 Å². The summed E-state index contributed by atoms with van der Waals surface area (Å²) >= 11 is 0. The molecule has 10 heteroatoms. The van der Waals surface area contributed by atoms with E-state index in [2.05, 4.69) is 0 Å². The van der Waals surface area contributed by atoms with Gasteiger partial charge in [-0.1, -0.05) is 0 Å². The van der Waals surface area contributed by atoms with Crippen LogP contribution in [0.3, 0.4) is 0 Å². The van der Waals surface area contributed by atoms with E-state index in [0.717, 1.165) is 0 Å². The van der Waals surface area contributed by atoms with Crippen LogP contribution in [0.15, 0.2) is 0 Å². The maximum Gasteiger partial charge on any atom is 0.310 e. The number of carboxylic acid groups (broad SMARTS) is 3. The maximum absolute atomic E-state index is 11.0. The van der Waals surface area contributed by atoms with Gasteiger partial charge in [-0.3, -0.25) is 24.1 Å². The molecule has 0 rings (SSSR count). The zero-order valence-corrected chi connectivity index (χ0v) is 13.4.